The molecule has 1 aromatic rings. The molecule has 0 atom stereocenters. The van der Waals surface area contributed by atoms with Crippen LogP contribution in [0.1, 0.15) is 18.4 Å². The van der Waals surface area contributed by atoms with Gasteiger partial charge in [-0.25, -0.2) is 0 Å². The number of hydrogen-bond donors (Lipinski definition) is 1. The average Bonchev–Trinajstić information content (AvgIpc) is 2.43. The van der Waals surface area contributed by atoms with Gasteiger partial charge in [0.25, 0.3) is 0 Å². The zero-order valence-electron chi connectivity index (χ0n) is 12.8. The molecule has 1 aliphatic heterocycles. The molecule has 4 nitrogen and oxygen atoms in total. The van der Waals surface area contributed by atoms with Crippen molar-refractivity contribution >= 4 is 0 Å². The molecular weight excluding hydrogens is 252 g/mol. The molecular formula is C16H26N2O2. The van der Waals surface area contributed by atoms with Gasteiger partial charge in [-0.15, -0.1) is 0 Å². The lowest BCUT2D eigenvalue weighted by atomic mass is 9.96. The molecule has 0 bridgehead atoms. The summed E-state index contributed by atoms with van der Waals surface area (Å²) >= 11 is 0. The number of phenols is 1. The number of rotatable bonds is 5. The van der Waals surface area contributed by atoms with Gasteiger partial charge in [0.1, 0.15) is 11.5 Å². The smallest absolute Gasteiger partial charge is 0.123 e. The Morgan fingerprint density at radius 2 is 2.05 bits per heavy atom. The number of methoxy groups -OCH3 is 1. The van der Waals surface area contributed by atoms with Crippen LogP contribution in [0, 0.1) is 5.92 Å². The first kappa shape index (κ1) is 15.1. The van der Waals surface area contributed by atoms with E-state index in [4.69, 9.17) is 4.74 Å². The summed E-state index contributed by atoms with van der Waals surface area (Å²) in [6.07, 6.45) is 2.55. The quantitative estimate of drug-likeness (QED) is 0.895. The Balaban J connectivity index is 1.86. The van der Waals surface area contributed by atoms with E-state index < -0.39 is 0 Å². The van der Waals surface area contributed by atoms with Crippen molar-refractivity contribution < 1.29 is 9.84 Å². The SMILES string of the molecule is COc1ccc(CN(C)CC2CCN(C)CC2)c(O)c1. The maximum Gasteiger partial charge on any atom is 0.123 e. The molecule has 1 N–H and O–H groups in total. The zero-order valence-corrected chi connectivity index (χ0v) is 12.8. The average molecular weight is 278 g/mol. The lowest BCUT2D eigenvalue weighted by Crippen LogP contribution is -2.35. The van der Waals surface area contributed by atoms with Gasteiger partial charge in [-0.1, -0.05) is 6.07 Å². The second-order valence-electron chi connectivity index (χ2n) is 5.94. The fraction of sp³-hybridized carbons (Fsp3) is 0.625. The van der Waals surface area contributed by atoms with Gasteiger partial charge < -0.3 is 19.6 Å². The first-order chi connectivity index (χ1) is 9.58. The van der Waals surface area contributed by atoms with Crippen LogP contribution >= 0.6 is 0 Å². The minimum Gasteiger partial charge on any atom is -0.507 e. The number of phenolic OH excluding ortho intramolecular Hbond substituents is 1. The Hall–Kier alpha value is -1.26. The summed E-state index contributed by atoms with van der Waals surface area (Å²) in [6, 6.07) is 5.52. The van der Waals surface area contributed by atoms with Crippen molar-refractivity contribution in [2.75, 3.05) is 40.8 Å². The van der Waals surface area contributed by atoms with E-state index in [2.05, 4.69) is 23.9 Å². The number of likely N-dealkylation sites (tertiary alicyclic amines) is 1. The molecule has 1 heterocycles. The standard InChI is InChI=1S/C16H26N2O2/c1-17-8-6-13(7-9-17)11-18(2)12-14-4-5-15(20-3)10-16(14)19/h4-5,10,13,19H,6-9,11-12H2,1-3H3. The van der Waals surface area contributed by atoms with Crippen LogP contribution in [-0.4, -0.2) is 55.7 Å². The molecule has 4 heteroatoms. The Morgan fingerprint density at radius 1 is 1.35 bits per heavy atom. The van der Waals surface area contributed by atoms with Crippen LogP contribution in [0.2, 0.25) is 0 Å². The Kier molecular flexibility index (Phi) is 5.26. The summed E-state index contributed by atoms with van der Waals surface area (Å²) < 4.78 is 5.11. The van der Waals surface area contributed by atoms with Crippen LogP contribution in [0.4, 0.5) is 0 Å². The first-order valence-electron chi connectivity index (χ1n) is 7.31. The molecule has 1 fully saturated rings. The summed E-state index contributed by atoms with van der Waals surface area (Å²) in [5.74, 6) is 1.79. The minimum atomic E-state index is 0.319. The molecule has 0 aromatic heterocycles. The number of benzene rings is 1. The Bertz CT molecular complexity index is 428. The van der Waals surface area contributed by atoms with Crippen LogP contribution in [-0.2, 0) is 6.54 Å². The molecule has 2 rings (SSSR count). The highest BCUT2D eigenvalue weighted by atomic mass is 16.5. The van der Waals surface area contributed by atoms with Gasteiger partial charge in [0, 0.05) is 24.7 Å². The lowest BCUT2D eigenvalue weighted by molar-refractivity contribution is 0.173. The van der Waals surface area contributed by atoms with E-state index in [0.29, 0.717) is 11.5 Å². The van der Waals surface area contributed by atoms with Crippen LogP contribution < -0.4 is 4.74 Å². The maximum absolute atomic E-state index is 10.00. The van der Waals surface area contributed by atoms with Crippen molar-refractivity contribution in [1.82, 2.24) is 9.80 Å². The van der Waals surface area contributed by atoms with E-state index in [0.717, 1.165) is 24.6 Å². The lowest BCUT2D eigenvalue weighted by Gasteiger charge is -2.31. The Labute approximate surface area is 122 Å². The summed E-state index contributed by atoms with van der Waals surface area (Å²) in [5, 5.41) is 10.00. The first-order valence-corrected chi connectivity index (χ1v) is 7.31. The van der Waals surface area contributed by atoms with Crippen LogP contribution in [0.5, 0.6) is 11.5 Å². The predicted molar refractivity (Wildman–Crippen MR) is 81.2 cm³/mol. The van der Waals surface area contributed by atoms with Gasteiger partial charge in [-0.3, -0.25) is 0 Å². The van der Waals surface area contributed by atoms with Gasteiger partial charge in [0.05, 0.1) is 7.11 Å². The normalized spacial score (nSPS) is 17.6. The molecule has 1 aromatic carbocycles. The number of ether oxygens (including phenoxy) is 1. The molecule has 0 aliphatic carbocycles. The van der Waals surface area contributed by atoms with Gasteiger partial charge >= 0.3 is 0 Å². The van der Waals surface area contributed by atoms with Crippen molar-refractivity contribution in [3.63, 3.8) is 0 Å². The third-order valence-corrected chi connectivity index (χ3v) is 4.14. The largest absolute Gasteiger partial charge is 0.507 e. The highest BCUT2D eigenvalue weighted by molar-refractivity contribution is 5.39. The Morgan fingerprint density at radius 3 is 2.65 bits per heavy atom. The highest BCUT2D eigenvalue weighted by Crippen LogP contribution is 2.25. The van der Waals surface area contributed by atoms with Gasteiger partial charge in [-0.2, -0.15) is 0 Å². The number of aromatic hydroxyl groups is 1. The van der Waals surface area contributed by atoms with Crippen LogP contribution in [0.25, 0.3) is 0 Å². The third kappa shape index (κ3) is 4.12. The molecule has 0 saturated carbocycles. The van der Waals surface area contributed by atoms with Gasteiger partial charge in [0.15, 0.2) is 0 Å². The van der Waals surface area contributed by atoms with Crippen molar-refractivity contribution in [1.29, 1.82) is 0 Å². The van der Waals surface area contributed by atoms with Crippen molar-refractivity contribution in [2.24, 2.45) is 5.92 Å². The monoisotopic (exact) mass is 278 g/mol. The van der Waals surface area contributed by atoms with E-state index in [1.165, 1.54) is 25.9 Å². The minimum absolute atomic E-state index is 0.319. The molecule has 1 saturated heterocycles. The number of piperidine rings is 1. The number of hydrogen-bond acceptors (Lipinski definition) is 4. The van der Waals surface area contributed by atoms with Crippen LogP contribution in [0.3, 0.4) is 0 Å². The van der Waals surface area contributed by atoms with Gasteiger partial charge in [-0.05, 0) is 52.0 Å². The van der Waals surface area contributed by atoms with E-state index in [1.807, 2.05) is 12.1 Å². The van der Waals surface area contributed by atoms with Crippen molar-refractivity contribution in [3.05, 3.63) is 23.8 Å². The summed E-state index contributed by atoms with van der Waals surface area (Å²) in [6.45, 7) is 4.28. The van der Waals surface area contributed by atoms with E-state index in [9.17, 15) is 5.11 Å². The number of nitrogens with zero attached hydrogens (tertiary/aromatic N) is 2. The summed E-state index contributed by atoms with van der Waals surface area (Å²) in [7, 11) is 5.93. The fourth-order valence-electron chi connectivity index (χ4n) is 2.85. The molecule has 0 radical (unpaired) electrons. The molecule has 20 heavy (non-hydrogen) atoms. The molecule has 0 amide bonds. The van der Waals surface area contributed by atoms with Crippen LogP contribution in [0.15, 0.2) is 18.2 Å². The third-order valence-electron chi connectivity index (χ3n) is 4.14. The van der Waals surface area contributed by atoms with Gasteiger partial charge in [0.2, 0.25) is 0 Å². The second kappa shape index (κ2) is 6.95. The molecule has 0 spiro atoms. The molecule has 1 aliphatic rings. The highest BCUT2D eigenvalue weighted by Gasteiger charge is 2.18. The topological polar surface area (TPSA) is 35.9 Å². The molecule has 0 unspecified atom stereocenters. The molecule has 112 valence electrons. The fourth-order valence-corrected chi connectivity index (χ4v) is 2.85. The van der Waals surface area contributed by atoms with E-state index in [1.54, 1.807) is 13.2 Å². The van der Waals surface area contributed by atoms with E-state index in [-0.39, 0.29) is 0 Å². The second-order valence-corrected chi connectivity index (χ2v) is 5.94. The summed E-state index contributed by atoms with van der Waals surface area (Å²) in [5.41, 5.74) is 0.959. The summed E-state index contributed by atoms with van der Waals surface area (Å²) in [4.78, 5) is 4.70. The zero-order chi connectivity index (χ0) is 14.5. The predicted octanol–water partition coefficient (Wildman–Crippen LogP) is 2.17. The van der Waals surface area contributed by atoms with E-state index >= 15 is 0 Å². The van der Waals surface area contributed by atoms with Crippen molar-refractivity contribution in [2.45, 2.75) is 19.4 Å². The van der Waals surface area contributed by atoms with Crippen molar-refractivity contribution in [3.8, 4) is 11.5 Å². The maximum atomic E-state index is 10.00.